The van der Waals surface area contributed by atoms with E-state index in [1.807, 2.05) is 11.3 Å². The fourth-order valence-electron chi connectivity index (χ4n) is 2.07. The van der Waals surface area contributed by atoms with Gasteiger partial charge in [-0.2, -0.15) is 0 Å². The van der Waals surface area contributed by atoms with E-state index in [2.05, 4.69) is 43.3 Å². The van der Waals surface area contributed by atoms with Gasteiger partial charge in [0.05, 0.1) is 0 Å². The summed E-state index contributed by atoms with van der Waals surface area (Å²) in [5.74, 6) is 0.704. The van der Waals surface area contributed by atoms with Gasteiger partial charge in [0.2, 0.25) is 0 Å². The van der Waals surface area contributed by atoms with Crippen molar-refractivity contribution < 1.29 is 0 Å². The topological polar surface area (TPSA) is 0 Å². The van der Waals surface area contributed by atoms with E-state index in [-0.39, 0.29) is 0 Å². The lowest BCUT2D eigenvalue weighted by Gasteiger charge is -2.10. The van der Waals surface area contributed by atoms with Gasteiger partial charge in [-0.1, -0.05) is 37.3 Å². The van der Waals surface area contributed by atoms with E-state index in [1.54, 1.807) is 4.88 Å². The van der Waals surface area contributed by atoms with Gasteiger partial charge in [-0.15, -0.1) is 11.3 Å². The molecule has 0 amide bonds. The molecule has 0 saturated heterocycles. The van der Waals surface area contributed by atoms with Crippen LogP contribution in [0.5, 0.6) is 0 Å². The van der Waals surface area contributed by atoms with E-state index in [0.717, 1.165) is 0 Å². The monoisotopic (exact) mass is 200 g/mol. The molecule has 1 unspecified atom stereocenters. The summed E-state index contributed by atoms with van der Waals surface area (Å²) in [5, 5.41) is 1.43. The summed E-state index contributed by atoms with van der Waals surface area (Å²) in [7, 11) is 0. The first-order valence-electron chi connectivity index (χ1n) is 5.03. The van der Waals surface area contributed by atoms with Crippen LogP contribution < -0.4 is 0 Å². The molecule has 0 nitrogen and oxygen atoms in total. The third-order valence-electron chi connectivity index (χ3n) is 2.81. The van der Waals surface area contributed by atoms with Crippen LogP contribution in [0.25, 0.3) is 16.2 Å². The minimum absolute atomic E-state index is 0.704. The Bertz CT molecular complexity index is 505. The number of allylic oxidation sites excluding steroid dienone is 1. The summed E-state index contributed by atoms with van der Waals surface area (Å²) >= 11 is 1.95. The number of hydrogen-bond donors (Lipinski definition) is 0. The fraction of sp³-hybridized carbons (Fsp3) is 0.231. The smallest absolute Gasteiger partial charge is 0.0351 e. The molecule has 0 N–H and O–H groups in total. The molecule has 1 heteroatoms. The van der Waals surface area contributed by atoms with Crippen molar-refractivity contribution in [2.75, 3.05) is 0 Å². The van der Waals surface area contributed by atoms with Gasteiger partial charge < -0.3 is 0 Å². The van der Waals surface area contributed by atoms with Crippen LogP contribution in [-0.2, 0) is 6.42 Å². The zero-order valence-corrected chi connectivity index (χ0v) is 8.97. The van der Waals surface area contributed by atoms with Crippen LogP contribution in [0.4, 0.5) is 0 Å². The Morgan fingerprint density at radius 3 is 3.07 bits per heavy atom. The summed E-state index contributed by atoms with van der Waals surface area (Å²) in [6.07, 6.45) is 5.83. The van der Waals surface area contributed by atoms with Crippen molar-refractivity contribution in [3.05, 3.63) is 40.8 Å². The third kappa shape index (κ3) is 1.12. The Morgan fingerprint density at radius 1 is 1.29 bits per heavy atom. The normalized spacial score (nSPS) is 19.9. The average Bonchev–Trinajstić information content (AvgIpc) is 2.54. The predicted molar refractivity (Wildman–Crippen MR) is 63.7 cm³/mol. The molecule has 3 rings (SSSR count). The number of hydrogen-bond acceptors (Lipinski definition) is 1. The highest BCUT2D eigenvalue weighted by Gasteiger charge is 2.14. The molecule has 0 saturated carbocycles. The molecular formula is C13H12S. The molecule has 0 radical (unpaired) electrons. The van der Waals surface area contributed by atoms with Crippen LogP contribution >= 0.6 is 11.3 Å². The summed E-state index contributed by atoms with van der Waals surface area (Å²) < 4.78 is 1.43. The number of thiophene rings is 1. The maximum Gasteiger partial charge on any atom is 0.0351 e. The molecule has 0 spiro atoms. The summed E-state index contributed by atoms with van der Waals surface area (Å²) in [5.41, 5.74) is 1.46. The van der Waals surface area contributed by atoms with Crippen molar-refractivity contribution in [2.24, 2.45) is 5.92 Å². The Kier molecular flexibility index (Phi) is 1.74. The second kappa shape index (κ2) is 2.96. The van der Waals surface area contributed by atoms with Crippen molar-refractivity contribution in [3.8, 4) is 0 Å². The minimum Gasteiger partial charge on any atom is -0.140 e. The van der Waals surface area contributed by atoms with E-state index >= 15 is 0 Å². The molecule has 1 atom stereocenters. The van der Waals surface area contributed by atoms with Gasteiger partial charge in [0.15, 0.2) is 0 Å². The molecule has 70 valence electrons. The van der Waals surface area contributed by atoms with E-state index in [0.29, 0.717) is 5.92 Å². The highest BCUT2D eigenvalue weighted by atomic mass is 32.1. The molecule has 1 aromatic heterocycles. The first kappa shape index (κ1) is 8.25. The lowest BCUT2D eigenvalue weighted by atomic mass is 9.96. The first-order valence-corrected chi connectivity index (χ1v) is 5.85. The molecule has 2 aromatic rings. The predicted octanol–water partition coefficient (Wildman–Crippen LogP) is 4.11. The number of benzene rings is 1. The largest absolute Gasteiger partial charge is 0.140 e. The number of rotatable bonds is 0. The average molecular weight is 200 g/mol. The van der Waals surface area contributed by atoms with Crippen LogP contribution in [0.15, 0.2) is 30.3 Å². The van der Waals surface area contributed by atoms with Crippen molar-refractivity contribution in [1.29, 1.82) is 0 Å². The maximum absolute atomic E-state index is 2.32. The molecule has 0 bridgehead atoms. The van der Waals surface area contributed by atoms with E-state index in [1.165, 1.54) is 22.1 Å². The van der Waals surface area contributed by atoms with Gasteiger partial charge in [-0.25, -0.2) is 0 Å². The molecule has 14 heavy (non-hydrogen) atoms. The van der Waals surface area contributed by atoms with Crippen molar-refractivity contribution in [3.63, 3.8) is 0 Å². The van der Waals surface area contributed by atoms with Crippen molar-refractivity contribution in [2.45, 2.75) is 13.3 Å². The van der Waals surface area contributed by atoms with E-state index in [4.69, 9.17) is 0 Å². The quantitative estimate of drug-likeness (QED) is 0.600. The molecule has 1 aliphatic carbocycles. The standard InChI is InChI=1S/C13H12S/c1-9-6-7-11-10-4-2-3-5-12(10)14-13(11)8-9/h2-7,9H,8H2,1H3. The van der Waals surface area contributed by atoms with E-state index < -0.39 is 0 Å². The Balaban J connectivity index is 2.32. The minimum atomic E-state index is 0.704. The van der Waals surface area contributed by atoms with Gasteiger partial charge in [0.25, 0.3) is 0 Å². The van der Waals surface area contributed by atoms with Crippen LogP contribution in [0.3, 0.4) is 0 Å². The van der Waals surface area contributed by atoms with Crippen LogP contribution in [0, 0.1) is 5.92 Å². The first-order chi connectivity index (χ1) is 6.84. The van der Waals surface area contributed by atoms with Crippen LogP contribution in [0.1, 0.15) is 17.4 Å². The van der Waals surface area contributed by atoms with Gasteiger partial charge in [-0.3, -0.25) is 0 Å². The molecule has 1 aromatic carbocycles. The molecule has 0 aliphatic heterocycles. The van der Waals surface area contributed by atoms with Gasteiger partial charge in [0, 0.05) is 9.58 Å². The van der Waals surface area contributed by atoms with Gasteiger partial charge in [0.1, 0.15) is 0 Å². The molecule has 0 fully saturated rings. The van der Waals surface area contributed by atoms with Gasteiger partial charge in [-0.05, 0) is 29.4 Å². The lowest BCUT2D eigenvalue weighted by molar-refractivity contribution is 0.728. The van der Waals surface area contributed by atoms with Crippen molar-refractivity contribution >= 4 is 27.5 Å². The number of fused-ring (bicyclic) bond motifs is 3. The van der Waals surface area contributed by atoms with Gasteiger partial charge >= 0.3 is 0 Å². The zero-order valence-electron chi connectivity index (χ0n) is 8.16. The second-order valence-corrected chi connectivity index (χ2v) is 5.11. The third-order valence-corrected chi connectivity index (χ3v) is 4.02. The van der Waals surface area contributed by atoms with E-state index in [9.17, 15) is 0 Å². The Labute approximate surface area is 87.9 Å². The van der Waals surface area contributed by atoms with Crippen LogP contribution in [-0.4, -0.2) is 0 Å². The fourth-order valence-corrected chi connectivity index (χ4v) is 3.41. The SMILES string of the molecule is CC1C=Cc2c(sc3ccccc23)C1. The molecule has 1 heterocycles. The summed E-state index contributed by atoms with van der Waals surface area (Å²) in [6, 6.07) is 8.69. The van der Waals surface area contributed by atoms with Crippen molar-refractivity contribution in [1.82, 2.24) is 0 Å². The Morgan fingerprint density at radius 2 is 2.14 bits per heavy atom. The maximum atomic E-state index is 2.32. The highest BCUT2D eigenvalue weighted by molar-refractivity contribution is 7.19. The highest BCUT2D eigenvalue weighted by Crippen LogP contribution is 2.36. The zero-order chi connectivity index (χ0) is 9.54. The molecule has 1 aliphatic rings. The molecular weight excluding hydrogens is 188 g/mol. The second-order valence-electron chi connectivity index (χ2n) is 3.98. The lowest BCUT2D eigenvalue weighted by Crippen LogP contribution is -1.99. The summed E-state index contributed by atoms with van der Waals surface area (Å²) in [6.45, 7) is 2.28. The Hall–Kier alpha value is -1.08. The van der Waals surface area contributed by atoms with Crippen LogP contribution in [0.2, 0.25) is 0 Å². The summed E-state index contributed by atoms with van der Waals surface area (Å²) in [4.78, 5) is 1.56.